The van der Waals surface area contributed by atoms with E-state index in [0.29, 0.717) is 32.4 Å². The SMILES string of the molecule is CN(c1ccccc1OCC(=O)N1CCC(O)(Cc2ccccc2)CC1)S(=O)(=O)c1ccc(Cl)c(Cl)c1. The first-order valence-electron chi connectivity index (χ1n) is 11.8. The molecule has 0 spiro atoms. The second kappa shape index (κ2) is 11.3. The Labute approximate surface area is 227 Å². The lowest BCUT2D eigenvalue weighted by Gasteiger charge is -2.38. The van der Waals surface area contributed by atoms with Crippen LogP contribution < -0.4 is 9.04 Å². The molecule has 1 fully saturated rings. The summed E-state index contributed by atoms with van der Waals surface area (Å²) in [7, 11) is -2.56. The molecule has 1 heterocycles. The van der Waals surface area contributed by atoms with Crippen molar-refractivity contribution >= 4 is 44.8 Å². The number of carbonyl (C=O) groups excluding carboxylic acids is 1. The summed E-state index contributed by atoms with van der Waals surface area (Å²) >= 11 is 12.0. The lowest BCUT2D eigenvalue weighted by Crippen LogP contribution is -2.48. The molecule has 1 saturated heterocycles. The van der Waals surface area contributed by atoms with Crippen LogP contribution in [0, 0.1) is 0 Å². The van der Waals surface area contributed by atoms with Crippen molar-refractivity contribution in [1.29, 1.82) is 0 Å². The molecule has 4 rings (SSSR count). The average Bonchev–Trinajstić information content (AvgIpc) is 2.89. The van der Waals surface area contributed by atoms with E-state index >= 15 is 0 Å². The molecule has 1 N–H and O–H groups in total. The van der Waals surface area contributed by atoms with Crippen LogP contribution in [0.1, 0.15) is 18.4 Å². The highest BCUT2D eigenvalue weighted by Crippen LogP contribution is 2.33. The van der Waals surface area contributed by atoms with E-state index in [4.69, 9.17) is 27.9 Å². The Bertz CT molecular complexity index is 1360. The number of benzene rings is 3. The molecular weight excluding hydrogens is 535 g/mol. The molecule has 0 bridgehead atoms. The molecule has 196 valence electrons. The third kappa shape index (κ3) is 6.38. The van der Waals surface area contributed by atoms with Crippen molar-refractivity contribution in [3.05, 3.63) is 88.4 Å². The summed E-state index contributed by atoms with van der Waals surface area (Å²) in [6.45, 7) is 0.576. The van der Waals surface area contributed by atoms with Crippen molar-refractivity contribution in [1.82, 2.24) is 4.90 Å². The van der Waals surface area contributed by atoms with Crippen LogP contribution >= 0.6 is 23.2 Å². The first kappa shape index (κ1) is 27.3. The fourth-order valence-electron chi connectivity index (χ4n) is 4.32. The van der Waals surface area contributed by atoms with Crippen molar-refractivity contribution in [2.75, 3.05) is 31.0 Å². The van der Waals surface area contributed by atoms with Gasteiger partial charge >= 0.3 is 0 Å². The summed E-state index contributed by atoms with van der Waals surface area (Å²) < 4.78 is 33.3. The van der Waals surface area contributed by atoms with Crippen molar-refractivity contribution in [2.24, 2.45) is 0 Å². The van der Waals surface area contributed by atoms with E-state index < -0.39 is 15.6 Å². The zero-order valence-corrected chi connectivity index (χ0v) is 22.6. The second-order valence-electron chi connectivity index (χ2n) is 9.07. The highest BCUT2D eigenvalue weighted by molar-refractivity contribution is 7.92. The number of para-hydroxylation sites is 2. The normalized spacial score (nSPS) is 15.3. The number of sulfonamides is 1. The van der Waals surface area contributed by atoms with Gasteiger partial charge in [-0.25, -0.2) is 8.42 Å². The summed E-state index contributed by atoms with van der Waals surface area (Å²) in [6, 6.07) is 20.5. The Hall–Kier alpha value is -2.78. The number of ether oxygens (including phenoxy) is 1. The smallest absolute Gasteiger partial charge is 0.264 e. The van der Waals surface area contributed by atoms with E-state index in [1.54, 1.807) is 29.2 Å². The number of aliphatic hydroxyl groups is 1. The third-order valence-electron chi connectivity index (χ3n) is 6.53. The van der Waals surface area contributed by atoms with E-state index in [-0.39, 0.29) is 38.9 Å². The van der Waals surface area contributed by atoms with Crippen molar-refractivity contribution in [2.45, 2.75) is 29.8 Å². The number of rotatable bonds is 8. The van der Waals surface area contributed by atoms with Gasteiger partial charge in [-0.3, -0.25) is 9.10 Å². The van der Waals surface area contributed by atoms with Crippen LogP contribution in [0.25, 0.3) is 0 Å². The Kier molecular flexibility index (Phi) is 8.33. The summed E-state index contributed by atoms with van der Waals surface area (Å²) in [5, 5.41) is 11.4. The lowest BCUT2D eigenvalue weighted by molar-refractivity contribution is -0.137. The number of piperidine rings is 1. The zero-order valence-electron chi connectivity index (χ0n) is 20.3. The Balaban J connectivity index is 1.39. The minimum absolute atomic E-state index is 0.0217. The van der Waals surface area contributed by atoms with E-state index in [2.05, 4.69) is 0 Å². The van der Waals surface area contributed by atoms with Crippen LogP contribution in [0.3, 0.4) is 0 Å². The topological polar surface area (TPSA) is 87.2 Å². The Morgan fingerprint density at radius 2 is 1.65 bits per heavy atom. The molecule has 10 heteroatoms. The van der Waals surface area contributed by atoms with Crippen molar-refractivity contribution < 1.29 is 23.1 Å². The van der Waals surface area contributed by atoms with Gasteiger partial charge in [0.25, 0.3) is 15.9 Å². The van der Waals surface area contributed by atoms with Gasteiger partial charge < -0.3 is 14.7 Å². The highest BCUT2D eigenvalue weighted by atomic mass is 35.5. The summed E-state index contributed by atoms with van der Waals surface area (Å²) in [4.78, 5) is 14.5. The molecular formula is C27H28Cl2N2O5S. The first-order valence-corrected chi connectivity index (χ1v) is 14.0. The summed E-state index contributed by atoms with van der Waals surface area (Å²) in [6.07, 6.45) is 1.48. The van der Waals surface area contributed by atoms with Gasteiger partial charge in [0.2, 0.25) is 0 Å². The van der Waals surface area contributed by atoms with E-state index in [1.807, 2.05) is 30.3 Å². The van der Waals surface area contributed by atoms with Crippen LogP contribution in [0.2, 0.25) is 10.0 Å². The fourth-order valence-corrected chi connectivity index (χ4v) is 5.92. The average molecular weight is 564 g/mol. The maximum Gasteiger partial charge on any atom is 0.264 e. The maximum absolute atomic E-state index is 13.2. The van der Waals surface area contributed by atoms with Gasteiger partial charge in [0.05, 0.1) is 26.2 Å². The van der Waals surface area contributed by atoms with E-state index in [9.17, 15) is 18.3 Å². The lowest BCUT2D eigenvalue weighted by atomic mass is 9.85. The number of anilines is 1. The van der Waals surface area contributed by atoms with Crippen LogP contribution in [0.15, 0.2) is 77.7 Å². The van der Waals surface area contributed by atoms with Gasteiger partial charge in [-0.1, -0.05) is 65.7 Å². The van der Waals surface area contributed by atoms with Crippen LogP contribution in [0.5, 0.6) is 5.75 Å². The standard InChI is InChI=1S/C27H28Cl2N2O5S/c1-30(37(34,35)21-11-12-22(28)23(29)17-21)24-9-5-6-10-25(24)36-19-26(32)31-15-13-27(33,14-16-31)18-20-7-3-2-4-8-20/h2-12,17,33H,13-16,18-19H2,1H3. The fraction of sp³-hybridized carbons (Fsp3) is 0.296. The first-order chi connectivity index (χ1) is 17.6. The molecule has 0 saturated carbocycles. The van der Waals surface area contributed by atoms with Gasteiger partial charge in [-0.15, -0.1) is 0 Å². The molecule has 0 aliphatic carbocycles. The molecule has 0 atom stereocenters. The van der Waals surface area contributed by atoms with Crippen LogP contribution in [0.4, 0.5) is 5.69 Å². The Morgan fingerprint density at radius 3 is 2.32 bits per heavy atom. The molecule has 0 radical (unpaired) electrons. The minimum Gasteiger partial charge on any atom is -0.482 e. The van der Waals surface area contributed by atoms with Gasteiger partial charge in [-0.05, 0) is 48.7 Å². The summed E-state index contributed by atoms with van der Waals surface area (Å²) in [5.74, 6) is 0.0196. The molecule has 1 aliphatic heterocycles. The molecule has 0 aromatic heterocycles. The molecule has 3 aromatic rings. The Morgan fingerprint density at radius 1 is 1.00 bits per heavy atom. The third-order valence-corrected chi connectivity index (χ3v) is 9.03. The monoisotopic (exact) mass is 562 g/mol. The zero-order chi connectivity index (χ0) is 26.6. The molecule has 1 amide bonds. The highest BCUT2D eigenvalue weighted by Gasteiger charge is 2.34. The van der Waals surface area contributed by atoms with Crippen LogP contribution in [-0.2, 0) is 21.2 Å². The number of hydrogen-bond acceptors (Lipinski definition) is 5. The number of carbonyl (C=O) groups is 1. The maximum atomic E-state index is 13.2. The number of likely N-dealkylation sites (tertiary alicyclic amines) is 1. The predicted molar refractivity (Wildman–Crippen MR) is 145 cm³/mol. The van der Waals surface area contributed by atoms with Crippen LogP contribution in [-0.4, -0.2) is 56.7 Å². The van der Waals surface area contributed by atoms with Crippen molar-refractivity contribution in [3.8, 4) is 5.75 Å². The van der Waals surface area contributed by atoms with E-state index in [1.165, 1.54) is 25.2 Å². The van der Waals surface area contributed by atoms with Crippen molar-refractivity contribution in [3.63, 3.8) is 0 Å². The van der Waals surface area contributed by atoms with E-state index in [0.717, 1.165) is 9.87 Å². The molecule has 7 nitrogen and oxygen atoms in total. The molecule has 3 aromatic carbocycles. The van der Waals surface area contributed by atoms with Gasteiger partial charge in [0, 0.05) is 26.6 Å². The minimum atomic E-state index is -3.96. The molecule has 0 unspecified atom stereocenters. The number of hydrogen-bond donors (Lipinski definition) is 1. The second-order valence-corrected chi connectivity index (χ2v) is 11.9. The molecule has 37 heavy (non-hydrogen) atoms. The number of halogens is 2. The van der Waals surface area contributed by atoms with Gasteiger partial charge in [0.15, 0.2) is 6.61 Å². The largest absolute Gasteiger partial charge is 0.482 e. The number of amides is 1. The van der Waals surface area contributed by atoms with Gasteiger partial charge in [0.1, 0.15) is 5.75 Å². The quantitative estimate of drug-likeness (QED) is 0.426. The number of nitrogens with zero attached hydrogens (tertiary/aromatic N) is 2. The molecule has 1 aliphatic rings. The predicted octanol–water partition coefficient (Wildman–Crippen LogP) is 4.79. The summed E-state index contributed by atoms with van der Waals surface area (Å²) in [5.41, 5.74) is 0.481. The van der Waals surface area contributed by atoms with Gasteiger partial charge in [-0.2, -0.15) is 0 Å².